The molecule has 1 heterocycles. The normalized spacial score (nSPS) is 15.3. The number of rotatable bonds is 5. The minimum absolute atomic E-state index is 0.0185. The molecule has 9 heteroatoms. The Balaban J connectivity index is 1.87. The van der Waals surface area contributed by atoms with E-state index < -0.39 is 23.8 Å². The second kappa shape index (κ2) is 7.34. The van der Waals surface area contributed by atoms with Gasteiger partial charge in [0.05, 0.1) is 12.7 Å². The minimum atomic E-state index is -4.39. The van der Waals surface area contributed by atoms with E-state index in [1.54, 1.807) is 6.92 Å². The lowest BCUT2D eigenvalue weighted by molar-refractivity contribution is -0.137. The van der Waals surface area contributed by atoms with Crippen LogP contribution < -0.4 is 5.32 Å². The number of hydrogen-bond donors (Lipinski definition) is 1. The van der Waals surface area contributed by atoms with E-state index in [2.05, 4.69) is 15.3 Å². The summed E-state index contributed by atoms with van der Waals surface area (Å²) in [6.07, 6.45) is -2.54. The number of carbonyl (C=O) groups is 1. The average Bonchev–Trinajstić information content (AvgIpc) is 3.47. The molecule has 1 aromatic carbocycles. The molecule has 0 radical (unpaired) electrons. The molecule has 0 bridgehead atoms. The fourth-order valence-electron chi connectivity index (χ4n) is 2.57. The molecule has 0 aliphatic heterocycles. The second-order valence-electron chi connectivity index (χ2n) is 6.34. The zero-order chi connectivity index (χ0) is 19.8. The van der Waals surface area contributed by atoms with E-state index in [4.69, 9.17) is 16.3 Å². The monoisotopic (exact) mass is 399 g/mol. The Morgan fingerprint density at radius 1 is 1.26 bits per heavy atom. The van der Waals surface area contributed by atoms with Gasteiger partial charge in [-0.2, -0.15) is 13.2 Å². The summed E-state index contributed by atoms with van der Waals surface area (Å²) < 4.78 is 42.8. The van der Waals surface area contributed by atoms with Crippen LogP contribution in [0.15, 0.2) is 24.3 Å². The molecule has 0 spiro atoms. The van der Waals surface area contributed by atoms with Crippen LogP contribution in [0, 0.1) is 0 Å². The van der Waals surface area contributed by atoms with Gasteiger partial charge in [0.15, 0.2) is 5.69 Å². The van der Waals surface area contributed by atoms with Gasteiger partial charge in [-0.1, -0.05) is 23.7 Å². The summed E-state index contributed by atoms with van der Waals surface area (Å²) in [7, 11) is 1.23. The summed E-state index contributed by atoms with van der Waals surface area (Å²) in [5.41, 5.74) is -0.133. The molecule has 27 heavy (non-hydrogen) atoms. The van der Waals surface area contributed by atoms with Gasteiger partial charge in [-0.05, 0) is 37.5 Å². The predicted octanol–water partition coefficient (Wildman–Crippen LogP) is 4.99. The minimum Gasteiger partial charge on any atom is -0.464 e. The summed E-state index contributed by atoms with van der Waals surface area (Å²) in [4.78, 5) is 20.5. The number of aromatic nitrogens is 2. The SMILES string of the molecule is COC(=O)c1nc(C2CC2)nc(NC(C)c2ccc(C(F)(F)F)cc2)c1Cl. The maximum atomic E-state index is 12.7. The Kier molecular flexibility index (Phi) is 5.28. The third-order valence-corrected chi connectivity index (χ3v) is 4.64. The van der Waals surface area contributed by atoms with Crippen LogP contribution in [-0.2, 0) is 10.9 Å². The van der Waals surface area contributed by atoms with Crippen LogP contribution in [0.3, 0.4) is 0 Å². The molecule has 1 N–H and O–H groups in total. The van der Waals surface area contributed by atoms with E-state index in [0.29, 0.717) is 11.4 Å². The largest absolute Gasteiger partial charge is 0.464 e. The number of anilines is 1. The Morgan fingerprint density at radius 3 is 2.41 bits per heavy atom. The van der Waals surface area contributed by atoms with Crippen molar-refractivity contribution < 1.29 is 22.7 Å². The summed E-state index contributed by atoms with van der Waals surface area (Å²) in [6.45, 7) is 1.76. The highest BCUT2D eigenvalue weighted by atomic mass is 35.5. The van der Waals surface area contributed by atoms with E-state index >= 15 is 0 Å². The number of halogens is 4. The van der Waals surface area contributed by atoms with Crippen LogP contribution >= 0.6 is 11.6 Å². The number of hydrogen-bond acceptors (Lipinski definition) is 5. The van der Waals surface area contributed by atoms with Crippen molar-refractivity contribution in [2.75, 3.05) is 12.4 Å². The number of alkyl halides is 3. The zero-order valence-corrected chi connectivity index (χ0v) is 15.4. The van der Waals surface area contributed by atoms with Crippen molar-refractivity contribution in [3.63, 3.8) is 0 Å². The topological polar surface area (TPSA) is 64.1 Å². The fraction of sp³-hybridized carbons (Fsp3) is 0.389. The van der Waals surface area contributed by atoms with Gasteiger partial charge in [-0.3, -0.25) is 0 Å². The molecular weight excluding hydrogens is 383 g/mol. The van der Waals surface area contributed by atoms with Gasteiger partial charge in [0.25, 0.3) is 0 Å². The van der Waals surface area contributed by atoms with Gasteiger partial charge in [-0.25, -0.2) is 14.8 Å². The summed E-state index contributed by atoms with van der Waals surface area (Å²) in [5, 5.41) is 3.07. The van der Waals surface area contributed by atoms with E-state index in [1.165, 1.54) is 19.2 Å². The molecule has 3 rings (SSSR count). The van der Waals surface area contributed by atoms with Gasteiger partial charge >= 0.3 is 12.1 Å². The Morgan fingerprint density at radius 2 is 1.89 bits per heavy atom. The quantitative estimate of drug-likeness (QED) is 0.718. The van der Waals surface area contributed by atoms with Crippen LogP contribution in [0.1, 0.15) is 59.2 Å². The van der Waals surface area contributed by atoms with E-state index in [1.807, 2.05) is 0 Å². The van der Waals surface area contributed by atoms with Crippen molar-refractivity contribution in [3.05, 3.63) is 51.9 Å². The molecule has 1 aromatic heterocycles. The molecule has 0 saturated heterocycles. The fourth-order valence-corrected chi connectivity index (χ4v) is 2.78. The van der Waals surface area contributed by atoms with E-state index in [0.717, 1.165) is 25.0 Å². The average molecular weight is 400 g/mol. The smallest absolute Gasteiger partial charge is 0.416 e. The molecule has 1 atom stereocenters. The lowest BCUT2D eigenvalue weighted by Crippen LogP contribution is -2.15. The highest BCUT2D eigenvalue weighted by Crippen LogP contribution is 2.40. The van der Waals surface area contributed by atoms with E-state index in [-0.39, 0.29) is 22.5 Å². The predicted molar refractivity (Wildman–Crippen MR) is 93.8 cm³/mol. The third kappa shape index (κ3) is 4.32. The van der Waals surface area contributed by atoms with Crippen molar-refractivity contribution in [1.29, 1.82) is 0 Å². The Bertz CT molecular complexity index is 852. The molecule has 0 amide bonds. The third-order valence-electron chi connectivity index (χ3n) is 4.28. The molecule has 5 nitrogen and oxygen atoms in total. The van der Waals surface area contributed by atoms with E-state index in [9.17, 15) is 18.0 Å². The van der Waals surface area contributed by atoms with Crippen LogP contribution in [0.5, 0.6) is 0 Å². The molecule has 1 fully saturated rings. The molecule has 1 aliphatic rings. The van der Waals surface area contributed by atoms with Gasteiger partial charge in [0.1, 0.15) is 16.7 Å². The van der Waals surface area contributed by atoms with Crippen LogP contribution in [0.25, 0.3) is 0 Å². The van der Waals surface area contributed by atoms with Crippen LogP contribution in [0.4, 0.5) is 19.0 Å². The van der Waals surface area contributed by atoms with Crippen molar-refractivity contribution in [2.45, 2.75) is 37.9 Å². The van der Waals surface area contributed by atoms with Gasteiger partial charge in [0.2, 0.25) is 0 Å². The lowest BCUT2D eigenvalue weighted by Gasteiger charge is -2.18. The number of ether oxygens (including phenoxy) is 1. The molecule has 1 saturated carbocycles. The lowest BCUT2D eigenvalue weighted by atomic mass is 10.1. The maximum absolute atomic E-state index is 12.7. The van der Waals surface area contributed by atoms with Gasteiger partial charge < -0.3 is 10.1 Å². The van der Waals surface area contributed by atoms with Crippen molar-refractivity contribution >= 4 is 23.4 Å². The summed E-state index contributed by atoms with van der Waals surface area (Å²) in [6, 6.07) is 4.42. The number of benzene rings is 1. The maximum Gasteiger partial charge on any atom is 0.416 e. The highest BCUT2D eigenvalue weighted by molar-refractivity contribution is 6.35. The first-order chi connectivity index (χ1) is 12.7. The first-order valence-electron chi connectivity index (χ1n) is 8.30. The molecule has 1 unspecified atom stereocenters. The number of carbonyl (C=O) groups excluding carboxylic acids is 1. The Labute approximate surface area is 158 Å². The molecule has 1 aliphatic carbocycles. The molecule has 144 valence electrons. The van der Waals surface area contributed by atoms with Crippen molar-refractivity contribution in [1.82, 2.24) is 9.97 Å². The van der Waals surface area contributed by atoms with Crippen molar-refractivity contribution in [3.8, 4) is 0 Å². The van der Waals surface area contributed by atoms with Gasteiger partial charge in [0, 0.05) is 12.0 Å². The number of nitrogens with zero attached hydrogens (tertiary/aromatic N) is 2. The molecular formula is C18H17ClF3N3O2. The first-order valence-corrected chi connectivity index (χ1v) is 8.68. The second-order valence-corrected chi connectivity index (χ2v) is 6.72. The highest BCUT2D eigenvalue weighted by Gasteiger charge is 2.31. The molecule has 2 aromatic rings. The van der Waals surface area contributed by atoms with Crippen LogP contribution in [-0.4, -0.2) is 23.0 Å². The number of methoxy groups -OCH3 is 1. The number of esters is 1. The van der Waals surface area contributed by atoms with Crippen LogP contribution in [0.2, 0.25) is 5.02 Å². The van der Waals surface area contributed by atoms with Gasteiger partial charge in [-0.15, -0.1) is 0 Å². The standard InChI is InChI=1S/C18H17ClF3N3O2/c1-9(10-5-7-12(8-6-10)18(20,21)22)23-16-13(19)14(17(26)27-2)24-15(25-16)11-3-4-11/h5-9,11H,3-4H2,1-2H3,(H,23,24,25). The van der Waals surface area contributed by atoms with Crippen molar-refractivity contribution in [2.24, 2.45) is 0 Å². The number of nitrogens with one attached hydrogen (secondary N) is 1. The first kappa shape index (κ1) is 19.4. The Hall–Kier alpha value is -2.35. The zero-order valence-electron chi connectivity index (χ0n) is 14.6. The summed E-state index contributed by atoms with van der Waals surface area (Å²) >= 11 is 6.26. The summed E-state index contributed by atoms with van der Waals surface area (Å²) in [5.74, 6) is 0.255.